The van der Waals surface area contributed by atoms with Crippen LogP contribution in [-0.4, -0.2) is 48.2 Å². The minimum Gasteiger partial charge on any atom is -0.497 e. The lowest BCUT2D eigenvalue weighted by molar-refractivity contribution is -0.142. The first-order chi connectivity index (χ1) is 11.1. The third kappa shape index (κ3) is 3.17. The summed E-state index contributed by atoms with van der Waals surface area (Å²) in [5, 5.41) is 9.51. The van der Waals surface area contributed by atoms with Gasteiger partial charge in [-0.25, -0.2) is 0 Å². The summed E-state index contributed by atoms with van der Waals surface area (Å²) in [6.07, 6.45) is 1.95. The Kier molecular flexibility index (Phi) is 4.52. The number of carboxylic acid groups (broad SMARTS) is 1. The molecule has 0 aliphatic carbocycles. The molecule has 6 heteroatoms. The van der Waals surface area contributed by atoms with E-state index in [0.29, 0.717) is 18.9 Å². The third-order valence-electron chi connectivity index (χ3n) is 4.63. The van der Waals surface area contributed by atoms with E-state index in [1.54, 1.807) is 24.1 Å². The summed E-state index contributed by atoms with van der Waals surface area (Å²) in [6, 6.07) is 6.80. The van der Waals surface area contributed by atoms with Crippen LogP contribution in [0, 0.1) is 5.92 Å². The van der Waals surface area contributed by atoms with Gasteiger partial charge in [-0.2, -0.15) is 0 Å². The quantitative estimate of drug-likeness (QED) is 0.896. The number of hydrogen-bond donors (Lipinski definition) is 1. The molecule has 2 saturated heterocycles. The first-order valence-corrected chi connectivity index (χ1v) is 7.88. The Morgan fingerprint density at radius 2 is 2.13 bits per heavy atom. The van der Waals surface area contributed by atoms with Gasteiger partial charge in [0.05, 0.1) is 25.2 Å². The van der Waals surface area contributed by atoms with Gasteiger partial charge < -0.3 is 19.5 Å². The van der Waals surface area contributed by atoms with E-state index < -0.39 is 17.9 Å². The molecule has 2 aliphatic heterocycles. The Labute approximate surface area is 135 Å². The largest absolute Gasteiger partial charge is 0.497 e. The van der Waals surface area contributed by atoms with Crippen LogP contribution >= 0.6 is 0 Å². The minimum absolute atomic E-state index is 0.00671. The molecule has 2 fully saturated rings. The number of methoxy groups -OCH3 is 1. The normalized spacial score (nSPS) is 27.4. The lowest BCUT2D eigenvalue weighted by Gasteiger charge is -2.29. The maximum atomic E-state index is 12.4. The third-order valence-corrected chi connectivity index (χ3v) is 4.63. The van der Waals surface area contributed by atoms with Crippen molar-refractivity contribution in [3.63, 3.8) is 0 Å². The maximum absolute atomic E-state index is 12.4. The van der Waals surface area contributed by atoms with Crippen LogP contribution in [0.4, 0.5) is 0 Å². The van der Waals surface area contributed by atoms with Crippen molar-refractivity contribution in [2.45, 2.75) is 31.4 Å². The molecule has 6 nitrogen and oxygen atoms in total. The van der Waals surface area contributed by atoms with E-state index in [1.165, 1.54) is 0 Å². The summed E-state index contributed by atoms with van der Waals surface area (Å²) in [5.74, 6) is -1.07. The number of carboxylic acids is 1. The number of hydrogen-bond acceptors (Lipinski definition) is 4. The standard InChI is InChI=1S/C17H21NO5/c1-22-12-6-4-11(5-7-12)16-14(17(20)21)9-15(19)18(16)10-13-3-2-8-23-13/h4-7,13-14,16H,2-3,8-10H2,1H3,(H,20,21)/t13-,14+,16-/m0/s1. The van der Waals surface area contributed by atoms with Crippen molar-refractivity contribution in [1.29, 1.82) is 0 Å². The van der Waals surface area contributed by atoms with E-state index in [0.717, 1.165) is 18.4 Å². The molecule has 1 amide bonds. The zero-order chi connectivity index (χ0) is 16.4. The Morgan fingerprint density at radius 1 is 1.39 bits per heavy atom. The summed E-state index contributed by atoms with van der Waals surface area (Å²) in [7, 11) is 1.58. The molecule has 1 aromatic carbocycles. The number of carbonyl (C=O) groups is 2. The highest BCUT2D eigenvalue weighted by atomic mass is 16.5. The second kappa shape index (κ2) is 6.58. The number of ether oxygens (including phenoxy) is 2. The van der Waals surface area contributed by atoms with Crippen LogP contribution in [0.2, 0.25) is 0 Å². The van der Waals surface area contributed by atoms with Gasteiger partial charge in [0.2, 0.25) is 5.91 Å². The molecule has 2 aliphatic rings. The van der Waals surface area contributed by atoms with E-state index in [9.17, 15) is 14.7 Å². The molecule has 1 aromatic rings. The number of aliphatic carboxylic acids is 1. The van der Waals surface area contributed by atoms with Gasteiger partial charge in [0.25, 0.3) is 0 Å². The molecule has 1 N–H and O–H groups in total. The molecule has 23 heavy (non-hydrogen) atoms. The summed E-state index contributed by atoms with van der Waals surface area (Å²) < 4.78 is 10.8. The molecule has 3 rings (SSSR count). The topological polar surface area (TPSA) is 76.1 Å². The van der Waals surface area contributed by atoms with Crippen LogP contribution < -0.4 is 4.74 Å². The molecule has 124 valence electrons. The van der Waals surface area contributed by atoms with Crippen LogP contribution in [0.25, 0.3) is 0 Å². The Morgan fingerprint density at radius 3 is 2.70 bits per heavy atom. The summed E-state index contributed by atoms with van der Waals surface area (Å²) in [5.41, 5.74) is 0.821. The van der Waals surface area contributed by atoms with Gasteiger partial charge in [-0.3, -0.25) is 9.59 Å². The van der Waals surface area contributed by atoms with Crippen molar-refractivity contribution in [3.05, 3.63) is 29.8 Å². The highest BCUT2D eigenvalue weighted by Crippen LogP contribution is 2.39. The molecule has 0 saturated carbocycles. The van der Waals surface area contributed by atoms with Gasteiger partial charge >= 0.3 is 5.97 Å². The second-order valence-electron chi connectivity index (χ2n) is 6.05. The average Bonchev–Trinajstić information content (AvgIpc) is 3.17. The summed E-state index contributed by atoms with van der Waals surface area (Å²) in [4.78, 5) is 25.6. The summed E-state index contributed by atoms with van der Waals surface area (Å²) in [6.45, 7) is 1.17. The zero-order valence-corrected chi connectivity index (χ0v) is 13.1. The van der Waals surface area contributed by atoms with Crippen LogP contribution in [0.1, 0.15) is 30.9 Å². The van der Waals surface area contributed by atoms with E-state index in [1.807, 2.05) is 12.1 Å². The highest BCUT2D eigenvalue weighted by Gasteiger charge is 2.45. The van der Waals surface area contributed by atoms with Crippen molar-refractivity contribution in [1.82, 2.24) is 4.90 Å². The van der Waals surface area contributed by atoms with E-state index >= 15 is 0 Å². The van der Waals surface area contributed by atoms with Crippen LogP contribution in [-0.2, 0) is 14.3 Å². The predicted octanol–water partition coefficient (Wildman–Crippen LogP) is 1.85. The number of nitrogens with zero attached hydrogens (tertiary/aromatic N) is 1. The van der Waals surface area contributed by atoms with Gasteiger partial charge in [0.15, 0.2) is 0 Å². The van der Waals surface area contributed by atoms with Crippen molar-refractivity contribution in [2.75, 3.05) is 20.3 Å². The fraction of sp³-hybridized carbons (Fsp3) is 0.529. The van der Waals surface area contributed by atoms with Crippen molar-refractivity contribution < 1.29 is 24.2 Å². The lowest BCUT2D eigenvalue weighted by Crippen LogP contribution is -2.36. The van der Waals surface area contributed by atoms with E-state index in [-0.39, 0.29) is 18.4 Å². The Balaban J connectivity index is 1.87. The fourth-order valence-electron chi connectivity index (χ4n) is 3.45. The molecular formula is C17H21NO5. The monoisotopic (exact) mass is 319 g/mol. The maximum Gasteiger partial charge on any atom is 0.309 e. The van der Waals surface area contributed by atoms with Crippen molar-refractivity contribution >= 4 is 11.9 Å². The predicted molar refractivity (Wildman–Crippen MR) is 82.2 cm³/mol. The molecule has 0 bridgehead atoms. The zero-order valence-electron chi connectivity index (χ0n) is 13.1. The first-order valence-electron chi connectivity index (χ1n) is 7.88. The van der Waals surface area contributed by atoms with Crippen LogP contribution in [0.3, 0.4) is 0 Å². The van der Waals surface area contributed by atoms with E-state index in [4.69, 9.17) is 9.47 Å². The molecule has 0 radical (unpaired) electrons. The molecule has 2 heterocycles. The van der Waals surface area contributed by atoms with Gasteiger partial charge in [0, 0.05) is 19.6 Å². The first kappa shape index (κ1) is 15.8. The van der Waals surface area contributed by atoms with Gasteiger partial charge in [0.1, 0.15) is 5.75 Å². The average molecular weight is 319 g/mol. The number of likely N-dealkylation sites (tertiary alicyclic amines) is 1. The van der Waals surface area contributed by atoms with Crippen molar-refractivity contribution in [2.24, 2.45) is 5.92 Å². The van der Waals surface area contributed by atoms with Gasteiger partial charge in [-0.1, -0.05) is 12.1 Å². The minimum atomic E-state index is -0.936. The molecule has 0 spiro atoms. The Hall–Kier alpha value is -2.08. The highest BCUT2D eigenvalue weighted by molar-refractivity contribution is 5.87. The van der Waals surface area contributed by atoms with Gasteiger partial charge in [-0.15, -0.1) is 0 Å². The lowest BCUT2D eigenvalue weighted by atomic mass is 9.93. The van der Waals surface area contributed by atoms with Gasteiger partial charge in [-0.05, 0) is 30.5 Å². The fourth-order valence-corrected chi connectivity index (χ4v) is 3.45. The molecule has 3 atom stereocenters. The number of benzene rings is 1. The second-order valence-corrected chi connectivity index (χ2v) is 6.05. The number of amides is 1. The molecule has 0 aromatic heterocycles. The summed E-state index contributed by atoms with van der Waals surface area (Å²) >= 11 is 0. The Bertz CT molecular complexity index is 579. The smallest absolute Gasteiger partial charge is 0.309 e. The molecule has 0 unspecified atom stereocenters. The van der Waals surface area contributed by atoms with Crippen LogP contribution in [0.5, 0.6) is 5.75 Å². The molecular weight excluding hydrogens is 298 g/mol. The SMILES string of the molecule is COc1ccc([C@H]2[C@H](C(=O)O)CC(=O)N2C[C@@H]2CCCO2)cc1. The van der Waals surface area contributed by atoms with E-state index in [2.05, 4.69) is 0 Å². The van der Waals surface area contributed by atoms with Crippen molar-refractivity contribution in [3.8, 4) is 5.75 Å². The number of rotatable bonds is 5. The number of carbonyl (C=O) groups excluding carboxylic acids is 1. The van der Waals surface area contributed by atoms with Crippen LogP contribution in [0.15, 0.2) is 24.3 Å².